The molecule has 1 aromatic carbocycles. The summed E-state index contributed by atoms with van der Waals surface area (Å²) in [4.78, 5) is 38.4. The number of aliphatic hydroxyl groups is 5. The zero-order valence-electron chi connectivity index (χ0n) is 30.8. The van der Waals surface area contributed by atoms with Gasteiger partial charge in [-0.05, 0) is 56.6 Å². The number of rotatable bonds is 15. The lowest BCUT2D eigenvalue weighted by atomic mass is 9.81. The molecule has 16 nitrogen and oxygen atoms in total. The second kappa shape index (κ2) is 19.9. The van der Waals surface area contributed by atoms with Crippen molar-refractivity contribution in [2.24, 2.45) is 11.8 Å². The van der Waals surface area contributed by atoms with E-state index in [0.717, 1.165) is 32.1 Å². The fourth-order valence-electron chi connectivity index (χ4n) is 8.05. The SMILES string of the molecule is COC(=O)CC[C@H]1CCC[C@@H](O[C@H]2O[C@H](CO)[C@H](O)[C@H](O[C@@H](CC3CCCCC3)C(=O)O)[C@H]2OC(=O)c2ccccc2)[C@H]1O[C@@H]1O[C@H](C)[C@H](O)[C@H](O)[C@H]1O. The molecule has 0 spiro atoms. The standard InChI is InChI=1S/C38H56O16/c1-20-28(41)30(43)31(44)37(49-20)54-32-22(16-17-27(40)48-2)14-9-15-24(32)51-38-34(53-36(47)23-12-7-4-8-13-23)33(29(42)26(19-39)52-38)50-25(35(45)46)18-21-10-5-3-6-11-21/h4,7-8,12-13,20-22,24-26,28-34,37-39,41-44H,3,5-6,9-11,14-19H2,1-2H3,(H,45,46)/t20-,22-,24-,25+,26-,28+,29+,30+,31-,32+,33+,34-,37+,38+/m1/s1. The van der Waals surface area contributed by atoms with Crippen molar-refractivity contribution in [1.82, 2.24) is 0 Å². The minimum absolute atomic E-state index is 0.0308. The average Bonchev–Trinajstić information content (AvgIpc) is 3.18. The van der Waals surface area contributed by atoms with Crippen molar-refractivity contribution in [2.45, 2.75) is 157 Å². The summed E-state index contributed by atoms with van der Waals surface area (Å²) in [6.07, 6.45) is -11.1. The number of hydrogen-bond acceptors (Lipinski definition) is 15. The van der Waals surface area contributed by atoms with Crippen molar-refractivity contribution in [1.29, 1.82) is 0 Å². The Labute approximate surface area is 314 Å². The van der Waals surface area contributed by atoms with Crippen LogP contribution in [-0.4, -0.2) is 142 Å². The molecule has 2 saturated heterocycles. The molecule has 14 atom stereocenters. The van der Waals surface area contributed by atoms with Gasteiger partial charge in [0.25, 0.3) is 0 Å². The third-order valence-electron chi connectivity index (χ3n) is 11.2. The number of methoxy groups -OCH3 is 1. The molecule has 4 aliphatic rings. The maximum absolute atomic E-state index is 13.6. The van der Waals surface area contributed by atoms with Crippen LogP contribution in [0.25, 0.3) is 0 Å². The Bertz CT molecular complexity index is 1340. The quantitative estimate of drug-likeness (QED) is 0.139. The minimum Gasteiger partial charge on any atom is -0.479 e. The molecule has 0 unspecified atom stereocenters. The van der Waals surface area contributed by atoms with Crippen molar-refractivity contribution in [3.63, 3.8) is 0 Å². The first-order chi connectivity index (χ1) is 25.9. The van der Waals surface area contributed by atoms with Crippen LogP contribution in [0, 0.1) is 11.8 Å². The van der Waals surface area contributed by atoms with E-state index in [1.807, 2.05) is 0 Å². The Morgan fingerprint density at radius 3 is 2.20 bits per heavy atom. The van der Waals surface area contributed by atoms with Gasteiger partial charge in [0, 0.05) is 6.42 Å². The van der Waals surface area contributed by atoms with Gasteiger partial charge in [0.2, 0.25) is 0 Å². The van der Waals surface area contributed by atoms with Crippen LogP contribution in [0.5, 0.6) is 0 Å². The molecule has 0 amide bonds. The molecule has 0 radical (unpaired) electrons. The van der Waals surface area contributed by atoms with Crippen molar-refractivity contribution < 1.29 is 78.2 Å². The summed E-state index contributed by atoms with van der Waals surface area (Å²) in [5.41, 5.74) is 0.158. The van der Waals surface area contributed by atoms with Gasteiger partial charge in [0.05, 0.1) is 37.6 Å². The summed E-state index contributed by atoms with van der Waals surface area (Å²) in [6, 6.07) is 8.02. The molecule has 4 fully saturated rings. The number of carbonyl (C=O) groups is 3. The molecule has 6 N–H and O–H groups in total. The number of carbonyl (C=O) groups excluding carboxylic acids is 2. The molecule has 2 aliphatic carbocycles. The number of ether oxygens (including phenoxy) is 7. The van der Waals surface area contributed by atoms with Crippen LogP contribution in [0.15, 0.2) is 30.3 Å². The Balaban J connectivity index is 1.46. The summed E-state index contributed by atoms with van der Waals surface area (Å²) in [6.45, 7) is 0.799. The summed E-state index contributed by atoms with van der Waals surface area (Å²) < 4.78 is 41.7. The normalized spacial score (nSPS) is 36.9. The maximum Gasteiger partial charge on any atom is 0.338 e. The van der Waals surface area contributed by atoms with Crippen molar-refractivity contribution in [3.8, 4) is 0 Å². The Kier molecular flexibility index (Phi) is 15.6. The number of esters is 2. The highest BCUT2D eigenvalue weighted by Gasteiger charge is 2.53. The summed E-state index contributed by atoms with van der Waals surface area (Å²) >= 11 is 0. The first-order valence-electron chi connectivity index (χ1n) is 19.1. The minimum atomic E-state index is -1.64. The van der Waals surface area contributed by atoms with Crippen molar-refractivity contribution in [3.05, 3.63) is 35.9 Å². The van der Waals surface area contributed by atoms with Gasteiger partial charge in [0.15, 0.2) is 24.8 Å². The van der Waals surface area contributed by atoms with Gasteiger partial charge in [0.1, 0.15) is 36.6 Å². The number of aliphatic carboxylic acids is 1. The zero-order valence-corrected chi connectivity index (χ0v) is 30.8. The van der Waals surface area contributed by atoms with Gasteiger partial charge < -0.3 is 63.8 Å². The lowest BCUT2D eigenvalue weighted by molar-refractivity contribution is -0.348. The van der Waals surface area contributed by atoms with Crippen LogP contribution < -0.4 is 0 Å². The van der Waals surface area contributed by atoms with E-state index in [2.05, 4.69) is 0 Å². The average molecular weight is 769 g/mol. The molecule has 1 aromatic rings. The van der Waals surface area contributed by atoms with Crippen LogP contribution in [0.1, 0.15) is 87.9 Å². The predicted molar refractivity (Wildman–Crippen MR) is 186 cm³/mol. The van der Waals surface area contributed by atoms with Crippen LogP contribution in [0.3, 0.4) is 0 Å². The lowest BCUT2D eigenvalue weighted by Crippen LogP contribution is -2.64. The van der Waals surface area contributed by atoms with E-state index < -0.39 is 104 Å². The summed E-state index contributed by atoms with van der Waals surface area (Å²) in [7, 11) is 1.27. The fourth-order valence-corrected chi connectivity index (χ4v) is 8.05. The smallest absolute Gasteiger partial charge is 0.338 e. The highest BCUT2D eigenvalue weighted by atomic mass is 16.7. The molecule has 2 aliphatic heterocycles. The van der Waals surface area contributed by atoms with Crippen molar-refractivity contribution in [2.75, 3.05) is 13.7 Å². The van der Waals surface area contributed by atoms with Gasteiger partial charge in [-0.2, -0.15) is 0 Å². The van der Waals surface area contributed by atoms with Crippen LogP contribution in [0.4, 0.5) is 0 Å². The van der Waals surface area contributed by atoms with Gasteiger partial charge in [-0.25, -0.2) is 9.59 Å². The van der Waals surface area contributed by atoms with Crippen LogP contribution in [-0.2, 0) is 42.7 Å². The Morgan fingerprint density at radius 1 is 0.815 bits per heavy atom. The number of carboxylic acid groups (broad SMARTS) is 1. The second-order valence-corrected chi connectivity index (χ2v) is 14.9. The monoisotopic (exact) mass is 768 g/mol. The lowest BCUT2D eigenvalue weighted by Gasteiger charge is -2.48. The van der Waals surface area contributed by atoms with Gasteiger partial charge >= 0.3 is 17.9 Å². The molecule has 5 rings (SSSR count). The molecule has 0 aromatic heterocycles. The van der Waals surface area contributed by atoms with E-state index in [-0.39, 0.29) is 36.7 Å². The number of hydrogen-bond donors (Lipinski definition) is 6. The van der Waals surface area contributed by atoms with E-state index in [1.54, 1.807) is 18.2 Å². The number of aliphatic hydroxyl groups excluding tert-OH is 5. The van der Waals surface area contributed by atoms with Crippen molar-refractivity contribution >= 4 is 17.9 Å². The number of carboxylic acids is 1. The van der Waals surface area contributed by atoms with Gasteiger partial charge in [-0.15, -0.1) is 0 Å². The van der Waals surface area contributed by atoms with Gasteiger partial charge in [-0.3, -0.25) is 4.79 Å². The Morgan fingerprint density at radius 2 is 1.54 bits per heavy atom. The van der Waals surface area contributed by atoms with Gasteiger partial charge in [-0.1, -0.05) is 56.7 Å². The number of benzene rings is 1. The molecular formula is C38H56O16. The molecule has 0 bridgehead atoms. The Hall–Kier alpha value is -2.77. The summed E-state index contributed by atoms with van der Waals surface area (Å²) in [5, 5.41) is 63.8. The largest absolute Gasteiger partial charge is 0.479 e. The topological polar surface area (TPSA) is 237 Å². The molecule has 16 heteroatoms. The third kappa shape index (κ3) is 10.5. The van der Waals surface area contributed by atoms with E-state index in [4.69, 9.17) is 33.2 Å². The zero-order chi connectivity index (χ0) is 38.9. The first kappa shape index (κ1) is 42.4. The molecule has 54 heavy (non-hydrogen) atoms. The summed E-state index contributed by atoms with van der Waals surface area (Å²) in [5.74, 6) is -2.85. The van der Waals surface area contributed by atoms with E-state index >= 15 is 0 Å². The molecular weight excluding hydrogens is 712 g/mol. The van der Waals surface area contributed by atoms with Crippen LogP contribution >= 0.6 is 0 Å². The molecule has 2 saturated carbocycles. The third-order valence-corrected chi connectivity index (χ3v) is 11.2. The van der Waals surface area contributed by atoms with E-state index in [0.29, 0.717) is 19.3 Å². The second-order valence-electron chi connectivity index (χ2n) is 14.9. The van der Waals surface area contributed by atoms with E-state index in [1.165, 1.54) is 26.2 Å². The first-order valence-corrected chi connectivity index (χ1v) is 19.1. The molecule has 2 heterocycles. The highest BCUT2D eigenvalue weighted by molar-refractivity contribution is 5.89. The maximum atomic E-state index is 13.6. The van der Waals surface area contributed by atoms with Crippen LogP contribution in [0.2, 0.25) is 0 Å². The van der Waals surface area contributed by atoms with E-state index in [9.17, 15) is 45.0 Å². The molecule has 304 valence electrons. The highest BCUT2D eigenvalue weighted by Crippen LogP contribution is 2.39. The predicted octanol–water partition coefficient (Wildman–Crippen LogP) is 1.45. The fraction of sp³-hybridized carbons (Fsp3) is 0.763.